The third-order valence-electron chi connectivity index (χ3n) is 4.79. The van der Waals surface area contributed by atoms with Crippen LogP contribution in [0.2, 0.25) is 0 Å². The number of rotatable bonds is 5. The lowest BCUT2D eigenvalue weighted by molar-refractivity contribution is 0.0985. The Hall–Kier alpha value is -2.24. The fourth-order valence-corrected chi connectivity index (χ4v) is 4.22. The number of carbonyl (C=O) groups excluding carboxylic acids is 1. The molecule has 0 bridgehead atoms. The minimum atomic E-state index is 0.0112. The zero-order valence-electron chi connectivity index (χ0n) is 17.0. The van der Waals surface area contributed by atoms with Gasteiger partial charge in [0, 0.05) is 18.7 Å². The van der Waals surface area contributed by atoms with Gasteiger partial charge in [-0.05, 0) is 71.1 Å². The lowest BCUT2D eigenvalue weighted by Gasteiger charge is -2.22. The van der Waals surface area contributed by atoms with Crippen molar-refractivity contribution in [1.82, 2.24) is 9.88 Å². The summed E-state index contributed by atoms with van der Waals surface area (Å²) in [6.07, 6.45) is 0. The molecule has 5 heteroatoms. The van der Waals surface area contributed by atoms with Gasteiger partial charge in [-0.25, -0.2) is 4.98 Å². The summed E-state index contributed by atoms with van der Waals surface area (Å²) >= 11 is 1.59. The average molecular weight is 382 g/mol. The highest BCUT2D eigenvalue weighted by Gasteiger charge is 2.22. The fraction of sp³-hybridized carbons (Fsp3) is 0.364. The van der Waals surface area contributed by atoms with Crippen LogP contribution in [0.3, 0.4) is 0 Å². The van der Waals surface area contributed by atoms with E-state index in [2.05, 4.69) is 36.9 Å². The summed E-state index contributed by atoms with van der Waals surface area (Å²) in [5, 5.41) is 0.768. The Morgan fingerprint density at radius 2 is 1.67 bits per heavy atom. The molecule has 0 aliphatic rings. The lowest BCUT2D eigenvalue weighted by atomic mass is 10.1. The van der Waals surface area contributed by atoms with E-state index in [1.807, 2.05) is 45.0 Å². The van der Waals surface area contributed by atoms with E-state index in [9.17, 15) is 4.79 Å². The summed E-state index contributed by atoms with van der Waals surface area (Å²) < 4.78 is 1.12. The molecule has 0 saturated carbocycles. The molecule has 0 aliphatic heterocycles. The first-order valence-electron chi connectivity index (χ1n) is 9.18. The Labute approximate surface area is 165 Å². The number of benzene rings is 2. The van der Waals surface area contributed by atoms with Gasteiger partial charge in [0.05, 0.1) is 10.2 Å². The first kappa shape index (κ1) is 19.5. The molecule has 0 atom stereocenters. The van der Waals surface area contributed by atoms with Gasteiger partial charge >= 0.3 is 0 Å². The molecule has 142 valence electrons. The van der Waals surface area contributed by atoms with Crippen LogP contribution in [0, 0.1) is 27.7 Å². The molecular formula is C22H27N3OS. The minimum Gasteiger partial charge on any atom is -0.308 e. The molecule has 1 aromatic heterocycles. The van der Waals surface area contributed by atoms with Gasteiger partial charge in [0.25, 0.3) is 5.91 Å². The van der Waals surface area contributed by atoms with Crippen molar-refractivity contribution in [2.45, 2.75) is 27.7 Å². The van der Waals surface area contributed by atoms with Crippen LogP contribution in [0.1, 0.15) is 32.6 Å². The molecule has 1 heterocycles. The van der Waals surface area contributed by atoms with Crippen LogP contribution in [0.25, 0.3) is 10.2 Å². The van der Waals surface area contributed by atoms with E-state index in [-0.39, 0.29) is 5.91 Å². The molecule has 0 unspecified atom stereocenters. The Morgan fingerprint density at radius 1 is 1.00 bits per heavy atom. The van der Waals surface area contributed by atoms with Gasteiger partial charge in [-0.3, -0.25) is 9.69 Å². The second-order valence-electron chi connectivity index (χ2n) is 7.49. The number of amides is 1. The predicted molar refractivity (Wildman–Crippen MR) is 115 cm³/mol. The normalized spacial score (nSPS) is 11.4. The molecule has 0 N–H and O–H groups in total. The van der Waals surface area contributed by atoms with Gasteiger partial charge in [0.2, 0.25) is 0 Å². The van der Waals surface area contributed by atoms with Gasteiger partial charge in [-0.2, -0.15) is 0 Å². The maximum atomic E-state index is 13.4. The number of nitrogens with zero attached hydrogens (tertiary/aromatic N) is 3. The largest absolute Gasteiger partial charge is 0.308 e. The summed E-state index contributed by atoms with van der Waals surface area (Å²) in [6, 6.07) is 10.2. The van der Waals surface area contributed by atoms with Crippen LogP contribution in [0.5, 0.6) is 0 Å². The SMILES string of the molecule is Cc1cc(C)cc(C(=O)N(CCN(C)C)c2nc3c(C)c(C)ccc3s2)c1. The van der Waals surface area contributed by atoms with Crippen LogP contribution >= 0.6 is 11.3 Å². The Balaban J connectivity index is 2.05. The first-order valence-corrected chi connectivity index (χ1v) is 9.99. The summed E-state index contributed by atoms with van der Waals surface area (Å²) in [4.78, 5) is 22.1. The number of hydrogen-bond donors (Lipinski definition) is 0. The number of thiazole rings is 1. The van der Waals surface area contributed by atoms with E-state index < -0.39 is 0 Å². The van der Waals surface area contributed by atoms with Crippen LogP contribution < -0.4 is 4.90 Å². The van der Waals surface area contributed by atoms with E-state index >= 15 is 0 Å². The molecule has 0 saturated heterocycles. The number of fused-ring (bicyclic) bond motifs is 1. The van der Waals surface area contributed by atoms with Crippen molar-refractivity contribution < 1.29 is 4.79 Å². The third-order valence-corrected chi connectivity index (χ3v) is 5.83. The summed E-state index contributed by atoms with van der Waals surface area (Å²) in [5.41, 5.74) is 6.32. The van der Waals surface area contributed by atoms with Gasteiger partial charge < -0.3 is 4.90 Å². The van der Waals surface area contributed by atoms with Crippen molar-refractivity contribution in [2.75, 3.05) is 32.1 Å². The van der Waals surface area contributed by atoms with Crippen molar-refractivity contribution in [3.05, 3.63) is 58.1 Å². The van der Waals surface area contributed by atoms with Crippen molar-refractivity contribution in [2.24, 2.45) is 0 Å². The molecular weight excluding hydrogens is 354 g/mol. The predicted octanol–water partition coefficient (Wildman–Crippen LogP) is 4.74. The Kier molecular flexibility index (Phi) is 5.63. The van der Waals surface area contributed by atoms with E-state index in [0.29, 0.717) is 6.54 Å². The second-order valence-corrected chi connectivity index (χ2v) is 8.50. The summed E-state index contributed by atoms with van der Waals surface area (Å²) in [7, 11) is 4.04. The Morgan fingerprint density at radius 3 is 2.30 bits per heavy atom. The second kappa shape index (κ2) is 7.79. The highest BCUT2D eigenvalue weighted by Crippen LogP contribution is 2.32. The lowest BCUT2D eigenvalue weighted by Crippen LogP contribution is -2.36. The molecule has 0 aliphatic carbocycles. The monoisotopic (exact) mass is 381 g/mol. The third kappa shape index (κ3) is 4.20. The van der Waals surface area contributed by atoms with Crippen LogP contribution in [-0.4, -0.2) is 43.0 Å². The standard InChI is InChI=1S/C22H27N3OS/c1-14-11-15(2)13-18(12-14)21(26)25(10-9-24(5)6)22-23-20-17(4)16(3)7-8-19(20)27-22/h7-8,11-13H,9-10H2,1-6H3. The van der Waals surface area contributed by atoms with Crippen molar-refractivity contribution in [3.63, 3.8) is 0 Å². The number of aryl methyl sites for hydroxylation is 4. The summed E-state index contributed by atoms with van der Waals surface area (Å²) in [5.74, 6) is 0.0112. The molecule has 2 aromatic carbocycles. The van der Waals surface area contributed by atoms with Gasteiger partial charge in [0.1, 0.15) is 0 Å². The zero-order chi connectivity index (χ0) is 19.7. The average Bonchev–Trinajstić information content (AvgIpc) is 3.02. The van der Waals surface area contributed by atoms with Gasteiger partial charge in [0.15, 0.2) is 5.13 Å². The Bertz CT molecular complexity index is 970. The minimum absolute atomic E-state index is 0.0112. The van der Waals surface area contributed by atoms with Crippen LogP contribution in [0.4, 0.5) is 5.13 Å². The number of hydrogen-bond acceptors (Lipinski definition) is 4. The number of carbonyl (C=O) groups is 1. The maximum Gasteiger partial charge on any atom is 0.260 e. The van der Waals surface area contributed by atoms with Gasteiger partial charge in [-0.1, -0.05) is 34.6 Å². The fourth-order valence-electron chi connectivity index (χ4n) is 3.17. The van der Waals surface area contributed by atoms with E-state index in [4.69, 9.17) is 4.98 Å². The smallest absolute Gasteiger partial charge is 0.260 e. The molecule has 1 amide bonds. The molecule has 0 spiro atoms. The van der Waals surface area contributed by atoms with Gasteiger partial charge in [-0.15, -0.1) is 0 Å². The molecule has 0 radical (unpaired) electrons. The summed E-state index contributed by atoms with van der Waals surface area (Å²) in [6.45, 7) is 9.63. The van der Waals surface area contributed by atoms with Crippen LogP contribution in [0.15, 0.2) is 30.3 Å². The van der Waals surface area contributed by atoms with Crippen molar-refractivity contribution in [3.8, 4) is 0 Å². The first-order chi connectivity index (χ1) is 12.8. The topological polar surface area (TPSA) is 36.4 Å². The van der Waals surface area contributed by atoms with Crippen LogP contribution in [-0.2, 0) is 0 Å². The molecule has 27 heavy (non-hydrogen) atoms. The number of anilines is 1. The van der Waals surface area contributed by atoms with E-state index in [0.717, 1.165) is 38.6 Å². The molecule has 4 nitrogen and oxygen atoms in total. The van der Waals surface area contributed by atoms with Crippen molar-refractivity contribution in [1.29, 1.82) is 0 Å². The van der Waals surface area contributed by atoms with E-state index in [1.165, 1.54) is 11.1 Å². The number of aromatic nitrogens is 1. The maximum absolute atomic E-state index is 13.4. The zero-order valence-corrected chi connectivity index (χ0v) is 17.8. The number of likely N-dealkylation sites (N-methyl/N-ethyl adjacent to an activating group) is 1. The van der Waals surface area contributed by atoms with Crippen molar-refractivity contribution >= 4 is 32.6 Å². The highest BCUT2D eigenvalue weighted by atomic mass is 32.1. The molecule has 0 fully saturated rings. The van der Waals surface area contributed by atoms with E-state index in [1.54, 1.807) is 11.3 Å². The molecule has 3 aromatic rings. The molecule has 3 rings (SSSR count). The quantitative estimate of drug-likeness (QED) is 0.640. The highest BCUT2D eigenvalue weighted by molar-refractivity contribution is 7.22.